The summed E-state index contributed by atoms with van der Waals surface area (Å²) in [6.45, 7) is -0.0203. The number of para-hydroxylation sites is 1. The van der Waals surface area contributed by atoms with Crippen LogP contribution < -0.4 is 4.90 Å². The van der Waals surface area contributed by atoms with Gasteiger partial charge in [0.1, 0.15) is 5.25 Å². The third kappa shape index (κ3) is 1.65. The average Bonchev–Trinajstić information content (AvgIpc) is 2.56. The summed E-state index contributed by atoms with van der Waals surface area (Å²) in [6, 6.07) is 6.68. The lowest BCUT2D eigenvalue weighted by Gasteiger charge is -2.12. The second kappa shape index (κ2) is 3.48. The quantitative estimate of drug-likeness (QED) is 0.803. The third-order valence-electron chi connectivity index (χ3n) is 2.67. The van der Waals surface area contributed by atoms with Crippen LogP contribution in [0.4, 0.5) is 10.5 Å². The van der Waals surface area contributed by atoms with E-state index in [2.05, 4.69) is 0 Å². The summed E-state index contributed by atoms with van der Waals surface area (Å²) >= 11 is 0. The van der Waals surface area contributed by atoms with Crippen LogP contribution >= 0.6 is 0 Å². The molecule has 1 aromatic rings. The fourth-order valence-electron chi connectivity index (χ4n) is 1.92. The van der Waals surface area contributed by atoms with Crippen LogP contribution in [0.1, 0.15) is 10.8 Å². The summed E-state index contributed by atoms with van der Waals surface area (Å²) in [7, 11) is -3.29. The number of hydrogen-bond acceptors (Lipinski definition) is 3. The van der Waals surface area contributed by atoms with E-state index in [1.165, 1.54) is 0 Å². The minimum absolute atomic E-state index is 0.0203. The lowest BCUT2D eigenvalue weighted by atomic mass is 10.2. The van der Waals surface area contributed by atoms with Crippen molar-refractivity contribution in [2.45, 2.75) is 5.25 Å². The molecule has 0 aliphatic carbocycles. The first-order valence-corrected chi connectivity index (χ1v) is 6.65. The summed E-state index contributed by atoms with van der Waals surface area (Å²) in [5.74, 6) is 0. The van der Waals surface area contributed by atoms with Crippen molar-refractivity contribution in [3.63, 3.8) is 0 Å². The summed E-state index contributed by atoms with van der Waals surface area (Å²) < 4.78 is 23.1. The van der Waals surface area contributed by atoms with Crippen LogP contribution in [0.15, 0.2) is 24.3 Å². The Morgan fingerprint density at radius 3 is 2.62 bits per heavy atom. The van der Waals surface area contributed by atoms with Gasteiger partial charge in [0.25, 0.3) is 0 Å². The Kier molecular flexibility index (Phi) is 2.38. The van der Waals surface area contributed by atoms with Crippen molar-refractivity contribution in [1.82, 2.24) is 0 Å². The van der Waals surface area contributed by atoms with Gasteiger partial charge in [0.15, 0.2) is 9.84 Å². The molecule has 1 unspecified atom stereocenters. The van der Waals surface area contributed by atoms with Crippen molar-refractivity contribution >= 4 is 21.6 Å². The third-order valence-corrected chi connectivity index (χ3v) is 4.11. The molecular formula is C10H11NO4S. The lowest BCUT2D eigenvalue weighted by Crippen LogP contribution is -2.29. The Hall–Kier alpha value is -1.56. The Bertz CT molecular complexity index is 538. The molecule has 2 rings (SSSR count). The topological polar surface area (TPSA) is 74.7 Å². The summed E-state index contributed by atoms with van der Waals surface area (Å²) in [5, 5.41) is 8.22. The van der Waals surface area contributed by atoms with E-state index >= 15 is 0 Å². The number of carboxylic acid groups (broad SMARTS) is 1. The van der Waals surface area contributed by atoms with E-state index in [0.29, 0.717) is 11.3 Å². The molecule has 1 aromatic carbocycles. The highest BCUT2D eigenvalue weighted by Crippen LogP contribution is 2.38. The molecule has 1 aliphatic heterocycles. The van der Waals surface area contributed by atoms with Gasteiger partial charge in [0.05, 0.1) is 12.2 Å². The predicted octanol–water partition coefficient (Wildman–Crippen LogP) is 1.27. The fourth-order valence-corrected chi connectivity index (χ4v) is 3.00. The number of nitrogens with zero attached hydrogens (tertiary/aromatic N) is 1. The van der Waals surface area contributed by atoms with E-state index in [1.54, 1.807) is 24.3 Å². The molecule has 0 aromatic heterocycles. The van der Waals surface area contributed by atoms with Crippen LogP contribution in [0.2, 0.25) is 0 Å². The number of sulfone groups is 1. The molecule has 1 atom stereocenters. The molecule has 6 heteroatoms. The fraction of sp³-hybridized carbons (Fsp3) is 0.300. The molecule has 0 bridgehead atoms. The van der Waals surface area contributed by atoms with Gasteiger partial charge in [0, 0.05) is 6.26 Å². The minimum Gasteiger partial charge on any atom is -0.465 e. The predicted molar refractivity (Wildman–Crippen MR) is 59.4 cm³/mol. The zero-order valence-corrected chi connectivity index (χ0v) is 9.44. The SMILES string of the molecule is CS(=O)(=O)C1CN(C(=O)O)c2ccccc21. The van der Waals surface area contributed by atoms with E-state index in [9.17, 15) is 13.2 Å². The Labute approximate surface area is 93.2 Å². The van der Waals surface area contributed by atoms with E-state index in [4.69, 9.17) is 5.11 Å². The van der Waals surface area contributed by atoms with E-state index in [-0.39, 0.29) is 6.54 Å². The van der Waals surface area contributed by atoms with Gasteiger partial charge in [-0.3, -0.25) is 4.90 Å². The number of amides is 1. The smallest absolute Gasteiger partial charge is 0.411 e. The molecule has 0 spiro atoms. The van der Waals surface area contributed by atoms with Gasteiger partial charge in [-0.2, -0.15) is 0 Å². The van der Waals surface area contributed by atoms with Crippen LogP contribution in [0.3, 0.4) is 0 Å². The minimum atomic E-state index is -3.29. The van der Waals surface area contributed by atoms with Crippen molar-refractivity contribution in [3.8, 4) is 0 Å². The highest BCUT2D eigenvalue weighted by molar-refractivity contribution is 7.91. The number of anilines is 1. The van der Waals surface area contributed by atoms with Crippen molar-refractivity contribution in [3.05, 3.63) is 29.8 Å². The number of rotatable bonds is 1. The first-order chi connectivity index (χ1) is 7.41. The van der Waals surface area contributed by atoms with Gasteiger partial charge in [0.2, 0.25) is 0 Å². The summed E-state index contributed by atoms with van der Waals surface area (Å²) in [4.78, 5) is 12.0. The molecule has 1 amide bonds. The zero-order valence-electron chi connectivity index (χ0n) is 8.62. The molecule has 0 saturated heterocycles. The molecule has 1 heterocycles. The van der Waals surface area contributed by atoms with Crippen LogP contribution in [0.5, 0.6) is 0 Å². The van der Waals surface area contributed by atoms with Crippen LogP contribution in [0.25, 0.3) is 0 Å². The van der Waals surface area contributed by atoms with Gasteiger partial charge in [-0.25, -0.2) is 13.2 Å². The Balaban J connectivity index is 2.56. The van der Waals surface area contributed by atoms with Crippen molar-refractivity contribution in [2.75, 3.05) is 17.7 Å². The molecule has 0 fully saturated rings. The molecule has 0 saturated carbocycles. The van der Waals surface area contributed by atoms with Gasteiger partial charge >= 0.3 is 6.09 Å². The van der Waals surface area contributed by atoms with Gasteiger partial charge in [-0.1, -0.05) is 18.2 Å². The monoisotopic (exact) mass is 241 g/mol. The molecule has 1 aliphatic rings. The second-order valence-electron chi connectivity index (χ2n) is 3.77. The van der Waals surface area contributed by atoms with Gasteiger partial charge in [-0.15, -0.1) is 0 Å². The van der Waals surface area contributed by atoms with Crippen LogP contribution in [-0.4, -0.2) is 32.4 Å². The molecule has 0 radical (unpaired) electrons. The number of carbonyl (C=O) groups is 1. The van der Waals surface area contributed by atoms with Crippen LogP contribution in [-0.2, 0) is 9.84 Å². The average molecular weight is 241 g/mol. The van der Waals surface area contributed by atoms with Crippen molar-refractivity contribution in [1.29, 1.82) is 0 Å². The van der Waals surface area contributed by atoms with E-state index in [1.807, 2.05) is 0 Å². The first kappa shape index (κ1) is 10.9. The lowest BCUT2D eigenvalue weighted by molar-refractivity contribution is 0.202. The normalized spacial score (nSPS) is 19.6. The first-order valence-electron chi connectivity index (χ1n) is 4.69. The van der Waals surface area contributed by atoms with Crippen molar-refractivity contribution in [2.24, 2.45) is 0 Å². The van der Waals surface area contributed by atoms with Crippen molar-refractivity contribution < 1.29 is 18.3 Å². The second-order valence-corrected chi connectivity index (χ2v) is 6.00. The maximum Gasteiger partial charge on any atom is 0.411 e. The number of fused-ring (bicyclic) bond motifs is 1. The molecule has 86 valence electrons. The molecular weight excluding hydrogens is 230 g/mol. The maximum absolute atomic E-state index is 11.5. The Morgan fingerprint density at radius 1 is 1.44 bits per heavy atom. The van der Waals surface area contributed by atoms with E-state index in [0.717, 1.165) is 11.2 Å². The number of hydrogen-bond donors (Lipinski definition) is 1. The largest absolute Gasteiger partial charge is 0.465 e. The summed E-state index contributed by atoms with van der Waals surface area (Å²) in [6.07, 6.45) is -0.00150. The molecule has 5 nitrogen and oxygen atoms in total. The number of benzene rings is 1. The highest BCUT2D eigenvalue weighted by Gasteiger charge is 2.37. The maximum atomic E-state index is 11.5. The Morgan fingerprint density at radius 2 is 2.06 bits per heavy atom. The standard InChI is InChI=1S/C10H11NO4S/c1-16(14,15)9-6-11(10(12)13)8-5-3-2-4-7(8)9/h2-5,9H,6H2,1H3,(H,12,13). The van der Waals surface area contributed by atoms with Gasteiger partial charge in [-0.05, 0) is 11.6 Å². The molecule has 1 N–H and O–H groups in total. The zero-order chi connectivity index (χ0) is 11.9. The van der Waals surface area contributed by atoms with E-state index < -0.39 is 21.2 Å². The van der Waals surface area contributed by atoms with Crippen LogP contribution in [0, 0.1) is 0 Å². The summed E-state index contributed by atoms with van der Waals surface area (Å²) in [5.41, 5.74) is 1.03. The van der Waals surface area contributed by atoms with Gasteiger partial charge < -0.3 is 5.11 Å². The highest BCUT2D eigenvalue weighted by atomic mass is 32.2. The molecule has 16 heavy (non-hydrogen) atoms.